The van der Waals surface area contributed by atoms with Crippen molar-refractivity contribution >= 4 is 33.5 Å². The Morgan fingerprint density at radius 3 is 2.45 bits per heavy atom. The van der Waals surface area contributed by atoms with Gasteiger partial charge in [0.15, 0.2) is 5.69 Å². The smallest absolute Gasteiger partial charge is 0.434 e. The van der Waals surface area contributed by atoms with E-state index in [1.54, 1.807) is 0 Å². The highest BCUT2D eigenvalue weighted by atomic mass is 79.9. The number of carboxylic acids is 1. The van der Waals surface area contributed by atoms with E-state index in [1.807, 2.05) is 0 Å². The fourth-order valence-electron chi connectivity index (χ4n) is 1.90. The number of carboxylic acid groups (broad SMARTS) is 1. The van der Waals surface area contributed by atoms with Gasteiger partial charge in [-0.25, -0.2) is 9.18 Å². The first-order valence-electron chi connectivity index (χ1n) is 5.57. The normalized spacial score (nSPS) is 11.8. The Labute approximate surface area is 134 Å². The Morgan fingerprint density at radius 1 is 1.41 bits per heavy atom. The number of aromatic carboxylic acids is 1. The summed E-state index contributed by atoms with van der Waals surface area (Å²) >= 11 is 8.55. The van der Waals surface area contributed by atoms with E-state index in [0.717, 1.165) is 19.2 Å². The standard InChI is InChI=1S/C12H6BrClF4N2O2/c1-20-10(12(16,17)18)7(13)9(19-20)6-5(15)3-2-4(8(6)14)11(21)22/h2-3H,1H3,(H,21,22). The number of hydrogen-bond acceptors (Lipinski definition) is 2. The van der Waals surface area contributed by atoms with Crippen molar-refractivity contribution in [2.45, 2.75) is 6.18 Å². The lowest BCUT2D eigenvalue weighted by Gasteiger charge is -2.08. The molecule has 0 saturated heterocycles. The molecule has 0 radical (unpaired) electrons. The van der Waals surface area contributed by atoms with E-state index in [4.69, 9.17) is 16.7 Å². The molecule has 0 aliphatic heterocycles. The molecule has 0 atom stereocenters. The maximum absolute atomic E-state index is 14.0. The zero-order chi connectivity index (χ0) is 16.8. The molecular weight excluding hydrogens is 395 g/mol. The quantitative estimate of drug-likeness (QED) is 0.761. The van der Waals surface area contributed by atoms with Gasteiger partial charge in [-0.2, -0.15) is 18.3 Å². The number of aromatic nitrogens is 2. The van der Waals surface area contributed by atoms with Gasteiger partial charge in [-0.3, -0.25) is 4.68 Å². The van der Waals surface area contributed by atoms with Crippen molar-refractivity contribution < 1.29 is 27.5 Å². The molecule has 2 rings (SSSR count). The van der Waals surface area contributed by atoms with Gasteiger partial charge in [-0.15, -0.1) is 0 Å². The number of nitrogens with zero attached hydrogens (tertiary/aromatic N) is 2. The van der Waals surface area contributed by atoms with Gasteiger partial charge in [0.2, 0.25) is 0 Å². The van der Waals surface area contributed by atoms with Crippen molar-refractivity contribution in [1.29, 1.82) is 0 Å². The van der Waals surface area contributed by atoms with E-state index < -0.39 is 50.0 Å². The SMILES string of the molecule is Cn1nc(-c2c(F)ccc(C(=O)O)c2Cl)c(Br)c1C(F)(F)F. The van der Waals surface area contributed by atoms with Crippen LogP contribution >= 0.6 is 27.5 Å². The van der Waals surface area contributed by atoms with Crippen molar-refractivity contribution in [3.8, 4) is 11.3 Å². The van der Waals surface area contributed by atoms with Crippen LogP contribution in [-0.4, -0.2) is 20.9 Å². The van der Waals surface area contributed by atoms with Gasteiger partial charge in [-0.1, -0.05) is 11.6 Å². The zero-order valence-electron chi connectivity index (χ0n) is 10.7. The average molecular weight is 402 g/mol. The van der Waals surface area contributed by atoms with E-state index in [-0.39, 0.29) is 0 Å². The molecule has 1 heterocycles. The molecule has 4 nitrogen and oxygen atoms in total. The fourth-order valence-corrected chi connectivity index (χ4v) is 2.98. The molecule has 0 amide bonds. The molecule has 0 aliphatic carbocycles. The second-order valence-corrected chi connectivity index (χ2v) is 5.39. The van der Waals surface area contributed by atoms with E-state index in [9.17, 15) is 22.4 Å². The van der Waals surface area contributed by atoms with Crippen LogP contribution in [0.25, 0.3) is 11.3 Å². The van der Waals surface area contributed by atoms with Gasteiger partial charge in [-0.05, 0) is 28.1 Å². The van der Waals surface area contributed by atoms with Crippen molar-refractivity contribution in [3.05, 3.63) is 38.7 Å². The van der Waals surface area contributed by atoms with Crippen LogP contribution in [0.3, 0.4) is 0 Å². The summed E-state index contributed by atoms with van der Waals surface area (Å²) in [6.45, 7) is 0. The summed E-state index contributed by atoms with van der Waals surface area (Å²) in [7, 11) is 1.03. The summed E-state index contributed by atoms with van der Waals surface area (Å²) in [6, 6.07) is 1.73. The third kappa shape index (κ3) is 2.70. The lowest BCUT2D eigenvalue weighted by Crippen LogP contribution is -2.12. The molecule has 10 heteroatoms. The molecule has 0 bridgehead atoms. The van der Waals surface area contributed by atoms with Gasteiger partial charge in [0.25, 0.3) is 0 Å². The van der Waals surface area contributed by atoms with Crippen LogP contribution in [0.15, 0.2) is 16.6 Å². The molecule has 0 spiro atoms. The maximum Gasteiger partial charge on any atom is 0.434 e. The van der Waals surface area contributed by atoms with E-state index in [0.29, 0.717) is 4.68 Å². The Balaban J connectivity index is 2.79. The Kier molecular flexibility index (Phi) is 4.22. The lowest BCUT2D eigenvalue weighted by molar-refractivity contribution is -0.144. The molecular formula is C12H6BrClF4N2O2. The minimum atomic E-state index is -4.73. The van der Waals surface area contributed by atoms with E-state index in [2.05, 4.69) is 21.0 Å². The molecule has 1 aromatic carbocycles. The van der Waals surface area contributed by atoms with Gasteiger partial charge in [0.05, 0.1) is 20.6 Å². The number of rotatable bonds is 2. The van der Waals surface area contributed by atoms with Crippen LogP contribution < -0.4 is 0 Å². The van der Waals surface area contributed by atoms with Crippen LogP contribution in [0.2, 0.25) is 5.02 Å². The first-order chi connectivity index (χ1) is 10.1. The molecule has 0 saturated carbocycles. The number of hydrogen-bond donors (Lipinski definition) is 1. The Hall–Kier alpha value is -1.61. The summed E-state index contributed by atoms with van der Waals surface area (Å²) in [4.78, 5) is 11.0. The summed E-state index contributed by atoms with van der Waals surface area (Å²) in [5.41, 5.74) is -2.53. The highest BCUT2D eigenvalue weighted by Crippen LogP contribution is 2.42. The Bertz CT molecular complexity index is 773. The monoisotopic (exact) mass is 400 g/mol. The topological polar surface area (TPSA) is 55.1 Å². The molecule has 2 aromatic rings. The largest absolute Gasteiger partial charge is 0.478 e. The number of halogens is 6. The minimum absolute atomic E-state index is 0.430. The summed E-state index contributed by atoms with van der Waals surface area (Å²) in [5, 5.41) is 12.0. The van der Waals surface area contributed by atoms with Crippen molar-refractivity contribution in [1.82, 2.24) is 9.78 Å². The van der Waals surface area contributed by atoms with Gasteiger partial charge in [0.1, 0.15) is 11.5 Å². The average Bonchev–Trinajstić information content (AvgIpc) is 2.63. The van der Waals surface area contributed by atoms with Crippen LogP contribution in [0.5, 0.6) is 0 Å². The van der Waals surface area contributed by atoms with Gasteiger partial charge >= 0.3 is 12.1 Å². The highest BCUT2D eigenvalue weighted by Gasteiger charge is 2.39. The van der Waals surface area contributed by atoms with Crippen molar-refractivity contribution in [2.24, 2.45) is 7.05 Å². The molecule has 0 unspecified atom stereocenters. The first-order valence-corrected chi connectivity index (χ1v) is 6.74. The lowest BCUT2D eigenvalue weighted by atomic mass is 10.1. The second kappa shape index (κ2) is 5.54. The Morgan fingerprint density at radius 2 is 2.00 bits per heavy atom. The summed E-state index contributed by atoms with van der Waals surface area (Å²) in [6.07, 6.45) is -4.73. The van der Waals surface area contributed by atoms with E-state index in [1.165, 1.54) is 0 Å². The molecule has 1 aromatic heterocycles. The van der Waals surface area contributed by atoms with Gasteiger partial charge < -0.3 is 5.11 Å². The zero-order valence-corrected chi connectivity index (χ0v) is 13.0. The molecule has 0 fully saturated rings. The third-order valence-corrected chi connectivity index (χ3v) is 3.96. The highest BCUT2D eigenvalue weighted by molar-refractivity contribution is 9.10. The number of benzene rings is 1. The van der Waals surface area contributed by atoms with Crippen molar-refractivity contribution in [2.75, 3.05) is 0 Å². The molecule has 0 aliphatic rings. The summed E-state index contributed by atoms with van der Waals surface area (Å²) in [5.74, 6) is -2.42. The second-order valence-electron chi connectivity index (χ2n) is 4.22. The van der Waals surface area contributed by atoms with Crippen LogP contribution in [0.4, 0.5) is 17.6 Å². The number of alkyl halides is 3. The fraction of sp³-hybridized carbons (Fsp3) is 0.167. The predicted molar refractivity (Wildman–Crippen MR) is 73.3 cm³/mol. The molecule has 118 valence electrons. The van der Waals surface area contributed by atoms with Crippen LogP contribution in [0, 0.1) is 5.82 Å². The first kappa shape index (κ1) is 16.8. The maximum atomic E-state index is 14.0. The number of aryl methyl sites for hydroxylation is 1. The third-order valence-electron chi connectivity index (χ3n) is 2.82. The molecule has 1 N–H and O–H groups in total. The van der Waals surface area contributed by atoms with Crippen LogP contribution in [0.1, 0.15) is 16.1 Å². The predicted octanol–water partition coefficient (Wildman–Crippen LogP) is 4.36. The molecule has 22 heavy (non-hydrogen) atoms. The van der Waals surface area contributed by atoms with Crippen molar-refractivity contribution in [3.63, 3.8) is 0 Å². The summed E-state index contributed by atoms with van der Waals surface area (Å²) < 4.78 is 52.8. The van der Waals surface area contributed by atoms with Gasteiger partial charge in [0, 0.05) is 7.05 Å². The van der Waals surface area contributed by atoms with Crippen LogP contribution in [-0.2, 0) is 13.2 Å². The minimum Gasteiger partial charge on any atom is -0.478 e. The number of carbonyl (C=O) groups is 1. The van der Waals surface area contributed by atoms with E-state index >= 15 is 0 Å².